The molecule has 0 aliphatic heterocycles. The number of thioether (sulfide) groups is 1. The van der Waals surface area contributed by atoms with E-state index in [-0.39, 0.29) is 0 Å². The number of aryl methyl sites for hydroxylation is 2. The molecule has 0 aliphatic carbocycles. The molecule has 0 saturated heterocycles. The molecule has 8 heteroatoms. The van der Waals surface area contributed by atoms with Gasteiger partial charge in [-0.2, -0.15) is 5.10 Å². The Morgan fingerprint density at radius 3 is 3.00 bits per heavy atom. The Morgan fingerprint density at radius 1 is 1.53 bits per heavy atom. The van der Waals surface area contributed by atoms with Gasteiger partial charge in [0.25, 0.3) is 0 Å². The number of nitrogens with zero attached hydrogens (tertiary/aromatic N) is 6. The molecule has 7 nitrogen and oxygen atoms in total. The molecule has 2 aromatic rings. The SMILES string of the molecule is Cn1nnnc1SCCn1ccc(N)n1. The van der Waals surface area contributed by atoms with Gasteiger partial charge in [-0.05, 0) is 16.5 Å². The third kappa shape index (κ3) is 2.46. The molecule has 0 aliphatic rings. The van der Waals surface area contributed by atoms with Crippen molar-refractivity contribution in [2.75, 3.05) is 11.5 Å². The van der Waals surface area contributed by atoms with Crippen LogP contribution in [0.15, 0.2) is 17.4 Å². The molecular formula is C7H11N7S. The summed E-state index contributed by atoms with van der Waals surface area (Å²) in [7, 11) is 1.81. The minimum absolute atomic E-state index is 0.542. The van der Waals surface area contributed by atoms with Crippen LogP contribution in [0.1, 0.15) is 0 Å². The first-order valence-electron chi connectivity index (χ1n) is 4.40. The maximum absolute atomic E-state index is 5.49. The maximum atomic E-state index is 5.49. The molecule has 2 rings (SSSR count). The smallest absolute Gasteiger partial charge is 0.209 e. The zero-order valence-electron chi connectivity index (χ0n) is 8.24. The lowest BCUT2D eigenvalue weighted by Gasteiger charge is -1.99. The summed E-state index contributed by atoms with van der Waals surface area (Å²) in [6.45, 7) is 0.786. The average molecular weight is 225 g/mol. The summed E-state index contributed by atoms with van der Waals surface area (Å²) < 4.78 is 3.44. The number of anilines is 1. The van der Waals surface area contributed by atoms with Crippen LogP contribution >= 0.6 is 11.8 Å². The Labute approximate surface area is 90.6 Å². The minimum Gasteiger partial charge on any atom is -0.382 e. The van der Waals surface area contributed by atoms with Crippen LogP contribution in [0.2, 0.25) is 0 Å². The van der Waals surface area contributed by atoms with Crippen molar-refractivity contribution >= 4 is 17.6 Å². The minimum atomic E-state index is 0.542. The van der Waals surface area contributed by atoms with Gasteiger partial charge >= 0.3 is 0 Å². The van der Waals surface area contributed by atoms with Gasteiger partial charge in [0.1, 0.15) is 5.82 Å². The average Bonchev–Trinajstić information content (AvgIpc) is 2.77. The van der Waals surface area contributed by atoms with Gasteiger partial charge in [-0.25, -0.2) is 4.68 Å². The molecule has 0 radical (unpaired) electrons. The molecule has 0 aromatic carbocycles. The van der Waals surface area contributed by atoms with Crippen LogP contribution < -0.4 is 5.73 Å². The number of hydrogen-bond donors (Lipinski definition) is 1. The quantitative estimate of drug-likeness (QED) is 0.724. The second kappa shape index (κ2) is 4.30. The second-order valence-corrected chi connectivity index (χ2v) is 4.00. The first-order valence-corrected chi connectivity index (χ1v) is 5.38. The van der Waals surface area contributed by atoms with E-state index in [1.165, 1.54) is 0 Å². The second-order valence-electron chi connectivity index (χ2n) is 2.94. The van der Waals surface area contributed by atoms with Gasteiger partial charge in [-0.1, -0.05) is 11.8 Å². The molecule has 0 fully saturated rings. The van der Waals surface area contributed by atoms with Crippen LogP contribution in [-0.4, -0.2) is 35.7 Å². The number of tetrazole rings is 1. The number of nitrogen functional groups attached to an aromatic ring is 1. The molecule has 0 spiro atoms. The maximum Gasteiger partial charge on any atom is 0.209 e. The van der Waals surface area contributed by atoms with Crippen molar-refractivity contribution in [1.82, 2.24) is 30.0 Å². The molecule has 2 N–H and O–H groups in total. The largest absolute Gasteiger partial charge is 0.382 e. The van der Waals surface area contributed by atoms with Crippen molar-refractivity contribution in [3.8, 4) is 0 Å². The zero-order valence-corrected chi connectivity index (χ0v) is 9.05. The first kappa shape index (κ1) is 9.97. The van der Waals surface area contributed by atoms with Crippen molar-refractivity contribution in [3.63, 3.8) is 0 Å². The highest BCUT2D eigenvalue weighted by molar-refractivity contribution is 7.99. The van der Waals surface area contributed by atoms with Gasteiger partial charge in [0.05, 0.1) is 6.54 Å². The van der Waals surface area contributed by atoms with E-state index in [1.807, 2.05) is 13.2 Å². The van der Waals surface area contributed by atoms with Gasteiger partial charge in [-0.15, -0.1) is 5.10 Å². The lowest BCUT2D eigenvalue weighted by atomic mass is 10.7. The van der Waals surface area contributed by atoms with Crippen molar-refractivity contribution in [3.05, 3.63) is 12.3 Å². The molecule has 0 unspecified atom stereocenters. The van der Waals surface area contributed by atoms with Crippen LogP contribution in [0.5, 0.6) is 0 Å². The summed E-state index contributed by atoms with van der Waals surface area (Å²) >= 11 is 1.58. The monoisotopic (exact) mass is 225 g/mol. The van der Waals surface area contributed by atoms with E-state index in [0.717, 1.165) is 17.5 Å². The number of aromatic nitrogens is 6. The Hall–Kier alpha value is -1.57. The van der Waals surface area contributed by atoms with E-state index in [4.69, 9.17) is 5.73 Å². The first-order chi connectivity index (χ1) is 7.25. The fraction of sp³-hybridized carbons (Fsp3) is 0.429. The number of hydrogen-bond acceptors (Lipinski definition) is 6. The molecule has 0 saturated carbocycles. The van der Waals surface area contributed by atoms with Crippen molar-refractivity contribution in [2.45, 2.75) is 11.7 Å². The third-order valence-electron chi connectivity index (χ3n) is 1.79. The Kier molecular flexibility index (Phi) is 2.86. The third-order valence-corrected chi connectivity index (χ3v) is 2.78. The van der Waals surface area contributed by atoms with Crippen LogP contribution in [0.25, 0.3) is 0 Å². The summed E-state index contributed by atoms with van der Waals surface area (Å²) in [5, 5.41) is 16.0. The number of rotatable bonds is 4. The normalized spacial score (nSPS) is 10.7. The van der Waals surface area contributed by atoms with Gasteiger partial charge in [0, 0.05) is 19.0 Å². The summed E-state index contributed by atoms with van der Waals surface area (Å²) in [4.78, 5) is 0. The van der Waals surface area contributed by atoms with E-state index in [1.54, 1.807) is 27.2 Å². The molecule has 0 atom stereocenters. The van der Waals surface area contributed by atoms with Crippen molar-refractivity contribution < 1.29 is 0 Å². The highest BCUT2D eigenvalue weighted by atomic mass is 32.2. The Bertz CT molecular complexity index is 434. The number of nitrogens with two attached hydrogens (primary N) is 1. The zero-order chi connectivity index (χ0) is 10.7. The lowest BCUT2D eigenvalue weighted by Crippen LogP contribution is -2.03. The van der Waals surface area contributed by atoms with Gasteiger partial charge < -0.3 is 5.73 Å². The topological polar surface area (TPSA) is 87.4 Å². The van der Waals surface area contributed by atoms with Gasteiger partial charge in [0.2, 0.25) is 5.16 Å². The predicted octanol–water partition coefficient (Wildman–Crippen LogP) is -0.219. The summed E-state index contributed by atoms with van der Waals surface area (Å²) in [5.74, 6) is 1.40. The molecule has 0 amide bonds. The predicted molar refractivity (Wildman–Crippen MR) is 56.2 cm³/mol. The lowest BCUT2D eigenvalue weighted by molar-refractivity contribution is 0.655. The molecule has 0 bridgehead atoms. The van der Waals surface area contributed by atoms with Gasteiger partial charge in [-0.3, -0.25) is 4.68 Å². The van der Waals surface area contributed by atoms with E-state index in [0.29, 0.717) is 5.82 Å². The molecular weight excluding hydrogens is 214 g/mol. The summed E-state index contributed by atoms with van der Waals surface area (Å²) in [5.41, 5.74) is 5.49. The van der Waals surface area contributed by atoms with Crippen LogP contribution in [0.4, 0.5) is 5.82 Å². The van der Waals surface area contributed by atoms with E-state index >= 15 is 0 Å². The van der Waals surface area contributed by atoms with E-state index in [2.05, 4.69) is 20.6 Å². The van der Waals surface area contributed by atoms with E-state index in [9.17, 15) is 0 Å². The van der Waals surface area contributed by atoms with Crippen LogP contribution in [-0.2, 0) is 13.6 Å². The standard InChI is InChI=1S/C7H11N7S/c1-13-7(9-11-12-13)15-5-4-14-3-2-6(8)10-14/h2-3H,4-5H2,1H3,(H2,8,10). The fourth-order valence-electron chi connectivity index (χ4n) is 1.08. The van der Waals surface area contributed by atoms with Crippen LogP contribution in [0, 0.1) is 0 Å². The van der Waals surface area contributed by atoms with E-state index < -0.39 is 0 Å². The summed E-state index contributed by atoms with van der Waals surface area (Å²) in [6.07, 6.45) is 1.85. The molecule has 2 aromatic heterocycles. The molecule has 15 heavy (non-hydrogen) atoms. The summed E-state index contributed by atoms with van der Waals surface area (Å²) in [6, 6.07) is 1.77. The highest BCUT2D eigenvalue weighted by Crippen LogP contribution is 2.12. The van der Waals surface area contributed by atoms with Crippen molar-refractivity contribution in [1.29, 1.82) is 0 Å². The van der Waals surface area contributed by atoms with Gasteiger partial charge in [0.15, 0.2) is 0 Å². The Morgan fingerprint density at radius 2 is 2.40 bits per heavy atom. The van der Waals surface area contributed by atoms with Crippen LogP contribution in [0.3, 0.4) is 0 Å². The highest BCUT2D eigenvalue weighted by Gasteiger charge is 2.02. The molecule has 2 heterocycles. The molecule has 80 valence electrons. The van der Waals surface area contributed by atoms with Crippen molar-refractivity contribution in [2.24, 2.45) is 7.05 Å². The fourth-order valence-corrected chi connectivity index (χ4v) is 1.85. The Balaban J connectivity index is 1.83.